The molecule has 0 spiro atoms. The summed E-state index contributed by atoms with van der Waals surface area (Å²) >= 11 is 6.14. The zero-order valence-electron chi connectivity index (χ0n) is 22.0. The maximum atomic E-state index is 13.8. The van der Waals surface area contributed by atoms with Gasteiger partial charge in [0.15, 0.2) is 0 Å². The van der Waals surface area contributed by atoms with E-state index in [0.717, 1.165) is 21.7 Å². The molecule has 2 rings (SSSR count). The van der Waals surface area contributed by atoms with Gasteiger partial charge in [-0.1, -0.05) is 48.4 Å². The highest BCUT2D eigenvalue weighted by Gasteiger charge is 2.33. The summed E-state index contributed by atoms with van der Waals surface area (Å²) < 4.78 is 31.9. The van der Waals surface area contributed by atoms with Crippen LogP contribution in [0, 0.1) is 6.92 Å². The third-order valence-corrected chi connectivity index (χ3v) is 6.81. The van der Waals surface area contributed by atoms with E-state index in [4.69, 9.17) is 16.3 Å². The van der Waals surface area contributed by atoms with Gasteiger partial charge in [0, 0.05) is 17.1 Å². The van der Waals surface area contributed by atoms with Crippen LogP contribution >= 0.6 is 11.6 Å². The number of benzene rings is 2. The van der Waals surface area contributed by atoms with Crippen molar-refractivity contribution in [1.29, 1.82) is 0 Å². The van der Waals surface area contributed by atoms with Gasteiger partial charge in [-0.2, -0.15) is 0 Å². The van der Waals surface area contributed by atoms with Crippen molar-refractivity contribution >= 4 is 39.1 Å². The molecule has 2 amide bonds. The van der Waals surface area contributed by atoms with E-state index in [1.54, 1.807) is 6.07 Å². The van der Waals surface area contributed by atoms with Crippen LogP contribution in [-0.2, 0) is 26.2 Å². The van der Waals surface area contributed by atoms with Crippen LogP contribution in [0.15, 0.2) is 42.5 Å². The standard InChI is InChI=1S/C26H36ClN3O5S/c1-8-21(25(32)28-26(3,4)5)29(16-19-11-9-18(2)10-12-19)24(31)17-30(36(7,33)34)22-15-20(27)13-14-23(22)35-6/h9-15,21H,8,16-17H2,1-7H3,(H,28,32)/t21-/m1/s1. The fourth-order valence-electron chi connectivity index (χ4n) is 3.72. The lowest BCUT2D eigenvalue weighted by Gasteiger charge is -2.34. The summed E-state index contributed by atoms with van der Waals surface area (Å²) in [6, 6.07) is 11.4. The van der Waals surface area contributed by atoms with Gasteiger partial charge in [0.25, 0.3) is 0 Å². The lowest BCUT2D eigenvalue weighted by molar-refractivity contribution is -0.141. The number of ether oxygens (including phenoxy) is 1. The molecule has 0 saturated heterocycles. The van der Waals surface area contributed by atoms with Gasteiger partial charge in [-0.05, 0) is 57.9 Å². The average Bonchev–Trinajstić information content (AvgIpc) is 2.76. The van der Waals surface area contributed by atoms with Crippen molar-refractivity contribution in [1.82, 2.24) is 10.2 Å². The average molecular weight is 538 g/mol. The number of anilines is 1. The minimum atomic E-state index is -3.91. The van der Waals surface area contributed by atoms with Crippen LogP contribution in [-0.4, -0.2) is 56.6 Å². The highest BCUT2D eigenvalue weighted by molar-refractivity contribution is 7.92. The summed E-state index contributed by atoms with van der Waals surface area (Å²) in [6.45, 7) is 8.97. The predicted octanol–water partition coefficient (Wildman–Crippen LogP) is 4.15. The number of nitrogens with one attached hydrogen (secondary N) is 1. The van der Waals surface area contributed by atoms with Crippen molar-refractivity contribution in [3.05, 3.63) is 58.6 Å². The molecule has 0 aliphatic carbocycles. The molecule has 198 valence electrons. The van der Waals surface area contributed by atoms with Gasteiger partial charge in [-0.25, -0.2) is 8.42 Å². The maximum Gasteiger partial charge on any atom is 0.244 e. The number of carbonyl (C=O) groups excluding carboxylic acids is 2. The number of hydrogen-bond acceptors (Lipinski definition) is 5. The Bertz CT molecular complexity index is 1180. The molecule has 1 atom stereocenters. The Morgan fingerprint density at radius 2 is 1.72 bits per heavy atom. The Morgan fingerprint density at radius 1 is 1.11 bits per heavy atom. The van der Waals surface area contributed by atoms with E-state index >= 15 is 0 Å². The molecule has 36 heavy (non-hydrogen) atoms. The summed E-state index contributed by atoms with van der Waals surface area (Å²) in [4.78, 5) is 28.4. The molecule has 10 heteroatoms. The highest BCUT2D eigenvalue weighted by atomic mass is 35.5. The molecule has 2 aromatic rings. The number of halogens is 1. The summed E-state index contributed by atoms with van der Waals surface area (Å²) in [5.74, 6) is -0.587. The van der Waals surface area contributed by atoms with Crippen LogP contribution in [0.2, 0.25) is 5.02 Å². The molecule has 0 saturated carbocycles. The summed E-state index contributed by atoms with van der Waals surface area (Å²) in [5, 5.41) is 3.23. The summed E-state index contributed by atoms with van der Waals surface area (Å²) in [7, 11) is -2.50. The first-order valence-corrected chi connectivity index (χ1v) is 13.9. The van der Waals surface area contributed by atoms with E-state index in [0.29, 0.717) is 11.4 Å². The SMILES string of the molecule is CC[C@H](C(=O)NC(C)(C)C)N(Cc1ccc(C)cc1)C(=O)CN(c1cc(Cl)ccc1OC)S(C)(=O)=O. The number of amides is 2. The third kappa shape index (κ3) is 8.13. The van der Waals surface area contributed by atoms with Crippen molar-refractivity contribution in [3.63, 3.8) is 0 Å². The second-order valence-electron chi connectivity index (χ2n) is 9.76. The zero-order valence-corrected chi connectivity index (χ0v) is 23.5. The topological polar surface area (TPSA) is 96.0 Å². The van der Waals surface area contributed by atoms with Gasteiger partial charge >= 0.3 is 0 Å². The zero-order chi connectivity index (χ0) is 27.3. The molecule has 0 bridgehead atoms. The molecule has 0 aromatic heterocycles. The molecular formula is C26H36ClN3O5S. The predicted molar refractivity (Wildman–Crippen MR) is 144 cm³/mol. The molecule has 0 fully saturated rings. The number of hydrogen-bond donors (Lipinski definition) is 1. The normalized spacial score (nSPS) is 12.6. The van der Waals surface area contributed by atoms with Crippen molar-refractivity contribution in [2.45, 2.75) is 59.2 Å². The smallest absolute Gasteiger partial charge is 0.244 e. The first kappa shape index (κ1) is 29.5. The van der Waals surface area contributed by atoms with E-state index in [1.807, 2.05) is 58.9 Å². The Labute approximate surface area is 219 Å². The molecule has 0 aliphatic heterocycles. The Hall–Kier alpha value is -2.78. The highest BCUT2D eigenvalue weighted by Crippen LogP contribution is 2.33. The van der Waals surface area contributed by atoms with Crippen LogP contribution < -0.4 is 14.4 Å². The Morgan fingerprint density at radius 3 is 2.22 bits per heavy atom. The monoisotopic (exact) mass is 537 g/mol. The molecule has 0 unspecified atom stereocenters. The van der Waals surface area contributed by atoms with Crippen LogP contribution in [0.25, 0.3) is 0 Å². The van der Waals surface area contributed by atoms with Crippen molar-refractivity contribution < 1.29 is 22.7 Å². The largest absolute Gasteiger partial charge is 0.495 e. The third-order valence-electron chi connectivity index (χ3n) is 5.45. The number of aryl methyl sites for hydroxylation is 1. The van der Waals surface area contributed by atoms with Crippen molar-refractivity contribution in [2.75, 3.05) is 24.2 Å². The quantitative estimate of drug-likeness (QED) is 0.491. The van der Waals surface area contributed by atoms with E-state index in [-0.39, 0.29) is 23.9 Å². The van der Waals surface area contributed by atoms with Gasteiger partial charge in [0.2, 0.25) is 21.8 Å². The van der Waals surface area contributed by atoms with Gasteiger partial charge in [0.05, 0.1) is 19.1 Å². The molecule has 1 N–H and O–H groups in total. The number of nitrogens with zero attached hydrogens (tertiary/aromatic N) is 2. The molecule has 0 aliphatic rings. The van der Waals surface area contributed by atoms with Crippen LogP contribution in [0.4, 0.5) is 5.69 Å². The van der Waals surface area contributed by atoms with Gasteiger partial charge < -0.3 is 15.0 Å². The number of rotatable bonds is 10. The second kappa shape index (κ2) is 12.0. The fourth-order valence-corrected chi connectivity index (χ4v) is 4.73. The van der Waals surface area contributed by atoms with Crippen molar-refractivity contribution in [3.8, 4) is 5.75 Å². The van der Waals surface area contributed by atoms with Crippen molar-refractivity contribution in [2.24, 2.45) is 0 Å². The summed E-state index contributed by atoms with van der Waals surface area (Å²) in [6.07, 6.45) is 1.35. The first-order valence-electron chi connectivity index (χ1n) is 11.6. The minimum absolute atomic E-state index is 0.138. The summed E-state index contributed by atoms with van der Waals surface area (Å²) in [5.41, 5.74) is 1.52. The molecular weight excluding hydrogens is 502 g/mol. The lowest BCUT2D eigenvalue weighted by Crippen LogP contribution is -2.55. The minimum Gasteiger partial charge on any atom is -0.495 e. The molecule has 0 radical (unpaired) electrons. The van der Waals surface area contributed by atoms with E-state index in [1.165, 1.54) is 24.1 Å². The second-order valence-corrected chi connectivity index (χ2v) is 12.1. The van der Waals surface area contributed by atoms with E-state index < -0.39 is 34.1 Å². The van der Waals surface area contributed by atoms with Crippen LogP contribution in [0.5, 0.6) is 5.75 Å². The Kier molecular flexibility index (Phi) is 9.79. The maximum absolute atomic E-state index is 13.8. The number of carbonyl (C=O) groups is 2. The lowest BCUT2D eigenvalue weighted by atomic mass is 10.1. The molecule has 2 aromatic carbocycles. The fraction of sp³-hybridized carbons (Fsp3) is 0.462. The molecule has 8 nitrogen and oxygen atoms in total. The molecule has 0 heterocycles. The van der Waals surface area contributed by atoms with Gasteiger partial charge in [0.1, 0.15) is 18.3 Å². The number of sulfonamides is 1. The van der Waals surface area contributed by atoms with E-state index in [2.05, 4.69) is 5.32 Å². The van der Waals surface area contributed by atoms with Gasteiger partial charge in [-0.15, -0.1) is 0 Å². The number of methoxy groups -OCH3 is 1. The van der Waals surface area contributed by atoms with Gasteiger partial charge in [-0.3, -0.25) is 13.9 Å². The first-order chi connectivity index (χ1) is 16.7. The van der Waals surface area contributed by atoms with E-state index in [9.17, 15) is 18.0 Å². The Balaban J connectivity index is 2.52. The van der Waals surface area contributed by atoms with Crippen LogP contribution in [0.1, 0.15) is 45.2 Å². The van der Waals surface area contributed by atoms with Crippen LogP contribution in [0.3, 0.4) is 0 Å².